The molecule has 3 heteroatoms. The van der Waals surface area contributed by atoms with E-state index >= 15 is 0 Å². The van der Waals surface area contributed by atoms with Gasteiger partial charge in [-0.25, -0.2) is 0 Å². The minimum atomic E-state index is 0.816. The van der Waals surface area contributed by atoms with Gasteiger partial charge < -0.3 is 4.74 Å². The molecule has 0 spiro atoms. The molecule has 1 aliphatic rings. The molecule has 0 amide bonds. The largest absolute Gasteiger partial charge is 0.492 e. The number of rotatable bonds is 0. The monoisotopic (exact) mass is 247 g/mol. The fraction of sp³-hybridized carbons (Fsp3) is 0.286. The molecule has 2 nitrogen and oxygen atoms in total. The Kier molecular flexibility index (Phi) is 1.52. The molecule has 0 N–H and O–H groups in total. The van der Waals surface area contributed by atoms with Crippen molar-refractivity contribution in [1.29, 1.82) is 0 Å². The number of hydrogen-bond donors (Lipinski definition) is 0. The molecular weight excluding hydrogens is 241 g/mol. The first-order valence-corrected chi connectivity index (χ1v) is 4.21. The summed E-state index contributed by atoms with van der Waals surface area (Å²) < 4.78 is 6.50. The first kappa shape index (κ1) is 6.39. The topological polar surface area (TPSA) is 22.1 Å². The van der Waals surface area contributed by atoms with Crippen LogP contribution >= 0.6 is 22.6 Å². The fourth-order valence-corrected chi connectivity index (χ4v) is 1.73. The molecule has 52 valence electrons. The molecule has 0 fully saturated rings. The molecule has 0 aromatic carbocycles. The van der Waals surface area contributed by atoms with E-state index in [2.05, 4.69) is 27.6 Å². The summed E-state index contributed by atoms with van der Waals surface area (Å²) in [6.45, 7) is 0.816. The van der Waals surface area contributed by atoms with E-state index in [1.54, 1.807) is 0 Å². The minimum Gasteiger partial charge on any atom is -0.492 e. The van der Waals surface area contributed by atoms with E-state index in [9.17, 15) is 0 Å². The van der Waals surface area contributed by atoms with Crippen LogP contribution in [0.5, 0.6) is 5.75 Å². The van der Waals surface area contributed by atoms with Gasteiger partial charge in [0.1, 0.15) is 5.75 Å². The maximum absolute atomic E-state index is 5.38. The van der Waals surface area contributed by atoms with Crippen molar-refractivity contribution in [3.05, 3.63) is 21.5 Å². The van der Waals surface area contributed by atoms with Crippen molar-refractivity contribution in [2.45, 2.75) is 6.42 Å². The van der Waals surface area contributed by atoms with Crippen LogP contribution in [0.25, 0.3) is 0 Å². The molecule has 0 unspecified atom stereocenters. The van der Waals surface area contributed by atoms with Crippen LogP contribution in [0.15, 0.2) is 12.4 Å². The molecule has 2 heterocycles. The van der Waals surface area contributed by atoms with Crippen LogP contribution < -0.4 is 4.74 Å². The van der Waals surface area contributed by atoms with Gasteiger partial charge in [-0.15, -0.1) is 0 Å². The first-order chi connectivity index (χ1) is 4.88. The summed E-state index contributed by atoms with van der Waals surface area (Å²) >= 11 is 2.24. The Hall–Kier alpha value is -0.320. The Balaban J connectivity index is 2.59. The summed E-state index contributed by atoms with van der Waals surface area (Å²) in [6.07, 6.45) is 4.72. The van der Waals surface area contributed by atoms with Gasteiger partial charge in [-0.3, -0.25) is 4.98 Å². The molecule has 0 saturated carbocycles. The second-order valence-electron chi connectivity index (χ2n) is 2.21. The lowest BCUT2D eigenvalue weighted by Gasteiger charge is -1.98. The van der Waals surface area contributed by atoms with Gasteiger partial charge in [0.25, 0.3) is 0 Å². The van der Waals surface area contributed by atoms with E-state index in [-0.39, 0.29) is 0 Å². The van der Waals surface area contributed by atoms with Crippen LogP contribution in [0.2, 0.25) is 0 Å². The highest BCUT2D eigenvalue weighted by atomic mass is 127. The van der Waals surface area contributed by atoms with Crippen molar-refractivity contribution < 1.29 is 4.74 Å². The van der Waals surface area contributed by atoms with E-state index in [1.165, 1.54) is 5.56 Å². The quantitative estimate of drug-likeness (QED) is 0.650. The minimum absolute atomic E-state index is 0.816. The summed E-state index contributed by atoms with van der Waals surface area (Å²) in [7, 11) is 0. The highest BCUT2D eigenvalue weighted by Crippen LogP contribution is 2.28. The maximum Gasteiger partial charge on any atom is 0.139 e. The van der Waals surface area contributed by atoms with Crippen molar-refractivity contribution in [2.24, 2.45) is 0 Å². The predicted molar refractivity (Wildman–Crippen MR) is 46.2 cm³/mol. The number of pyridine rings is 1. The lowest BCUT2D eigenvalue weighted by atomic mass is 10.2. The Morgan fingerprint density at radius 3 is 3.20 bits per heavy atom. The van der Waals surface area contributed by atoms with Crippen LogP contribution in [0, 0.1) is 3.57 Å². The Bertz CT molecular complexity index is 262. The first-order valence-electron chi connectivity index (χ1n) is 3.13. The van der Waals surface area contributed by atoms with Crippen molar-refractivity contribution >= 4 is 22.6 Å². The second kappa shape index (κ2) is 2.38. The molecule has 2 rings (SSSR count). The zero-order valence-corrected chi connectivity index (χ0v) is 7.46. The molecule has 0 saturated heterocycles. The molecule has 0 radical (unpaired) electrons. The van der Waals surface area contributed by atoms with E-state index in [1.807, 2.05) is 12.4 Å². The van der Waals surface area contributed by atoms with Gasteiger partial charge in [-0.2, -0.15) is 0 Å². The molecule has 1 aromatic heterocycles. The maximum atomic E-state index is 5.38. The lowest BCUT2D eigenvalue weighted by Crippen LogP contribution is -1.87. The van der Waals surface area contributed by atoms with Gasteiger partial charge in [-0.05, 0) is 22.6 Å². The van der Waals surface area contributed by atoms with E-state index < -0.39 is 0 Å². The zero-order chi connectivity index (χ0) is 6.97. The standard InChI is InChI=1S/C7H6INO/c8-6-4-9-3-5-1-2-10-7(5)6/h3-4H,1-2H2. The van der Waals surface area contributed by atoms with Gasteiger partial charge in [0.05, 0.1) is 10.2 Å². The smallest absolute Gasteiger partial charge is 0.139 e. The molecule has 1 aliphatic heterocycles. The average molecular weight is 247 g/mol. The van der Waals surface area contributed by atoms with Gasteiger partial charge in [0.2, 0.25) is 0 Å². The van der Waals surface area contributed by atoms with Crippen molar-refractivity contribution in [3.63, 3.8) is 0 Å². The van der Waals surface area contributed by atoms with Gasteiger partial charge in [0, 0.05) is 24.4 Å². The summed E-state index contributed by atoms with van der Waals surface area (Å²) in [6, 6.07) is 0. The summed E-state index contributed by atoms with van der Waals surface area (Å²) in [5.41, 5.74) is 1.24. The molecule has 0 atom stereocenters. The normalized spacial score (nSPS) is 14.5. The SMILES string of the molecule is Ic1cncc2c1OCC2. The number of nitrogens with zero attached hydrogens (tertiary/aromatic N) is 1. The lowest BCUT2D eigenvalue weighted by molar-refractivity contribution is 0.354. The Morgan fingerprint density at radius 1 is 1.50 bits per heavy atom. The van der Waals surface area contributed by atoms with Crippen molar-refractivity contribution in [1.82, 2.24) is 4.98 Å². The van der Waals surface area contributed by atoms with Gasteiger partial charge >= 0.3 is 0 Å². The van der Waals surface area contributed by atoms with Crippen LogP contribution in [0.1, 0.15) is 5.56 Å². The number of ether oxygens (including phenoxy) is 1. The van der Waals surface area contributed by atoms with Gasteiger partial charge in [-0.1, -0.05) is 0 Å². The number of fused-ring (bicyclic) bond motifs is 1. The highest BCUT2D eigenvalue weighted by molar-refractivity contribution is 14.1. The van der Waals surface area contributed by atoms with Crippen LogP contribution in [0.4, 0.5) is 0 Å². The Labute approximate surface area is 72.8 Å². The fourth-order valence-electron chi connectivity index (χ4n) is 1.07. The predicted octanol–water partition coefficient (Wildman–Crippen LogP) is 1.62. The third-order valence-corrected chi connectivity index (χ3v) is 2.31. The van der Waals surface area contributed by atoms with E-state index in [0.29, 0.717) is 0 Å². The third kappa shape index (κ3) is 0.885. The third-order valence-electron chi connectivity index (χ3n) is 1.54. The molecule has 0 aliphatic carbocycles. The van der Waals surface area contributed by atoms with Crippen molar-refractivity contribution in [2.75, 3.05) is 6.61 Å². The molecular formula is C7H6INO. The Morgan fingerprint density at radius 2 is 2.40 bits per heavy atom. The van der Waals surface area contributed by atoms with E-state index in [4.69, 9.17) is 4.74 Å². The van der Waals surface area contributed by atoms with E-state index in [0.717, 1.165) is 22.3 Å². The summed E-state index contributed by atoms with van der Waals surface area (Å²) in [5.74, 6) is 1.04. The molecule has 1 aromatic rings. The average Bonchev–Trinajstić information content (AvgIpc) is 2.36. The second-order valence-corrected chi connectivity index (χ2v) is 3.37. The summed E-state index contributed by atoms with van der Waals surface area (Å²) in [4.78, 5) is 4.07. The summed E-state index contributed by atoms with van der Waals surface area (Å²) in [5, 5.41) is 0. The highest BCUT2D eigenvalue weighted by Gasteiger charge is 2.14. The zero-order valence-electron chi connectivity index (χ0n) is 5.30. The van der Waals surface area contributed by atoms with Crippen LogP contribution in [-0.2, 0) is 6.42 Å². The number of hydrogen-bond acceptors (Lipinski definition) is 2. The van der Waals surface area contributed by atoms with Crippen molar-refractivity contribution in [3.8, 4) is 5.75 Å². The van der Waals surface area contributed by atoms with Crippen LogP contribution in [-0.4, -0.2) is 11.6 Å². The van der Waals surface area contributed by atoms with Gasteiger partial charge in [0.15, 0.2) is 0 Å². The molecule has 0 bridgehead atoms. The number of aromatic nitrogens is 1. The molecule has 10 heavy (non-hydrogen) atoms. The number of halogens is 1. The van der Waals surface area contributed by atoms with Crippen LogP contribution in [0.3, 0.4) is 0 Å².